The predicted molar refractivity (Wildman–Crippen MR) is 67.2 cm³/mol. The van der Waals surface area contributed by atoms with E-state index in [9.17, 15) is 9.18 Å². The molecule has 17 heavy (non-hydrogen) atoms. The lowest BCUT2D eigenvalue weighted by molar-refractivity contribution is -0.121. The molecule has 1 atom stereocenters. The summed E-state index contributed by atoms with van der Waals surface area (Å²) in [5, 5.41) is 2.95. The number of carbonyl (C=O) groups excluding carboxylic acids is 1. The van der Waals surface area contributed by atoms with Gasteiger partial charge in [-0.25, -0.2) is 4.39 Å². The van der Waals surface area contributed by atoms with Crippen LogP contribution >= 0.6 is 0 Å². The first kappa shape index (κ1) is 13.7. The number of rotatable bonds is 6. The van der Waals surface area contributed by atoms with Crippen molar-refractivity contribution in [2.24, 2.45) is 0 Å². The summed E-state index contributed by atoms with van der Waals surface area (Å²) in [6.45, 7) is 4.11. The molecule has 0 aliphatic heterocycles. The Balaban J connectivity index is 2.30. The van der Waals surface area contributed by atoms with Gasteiger partial charge in [0.05, 0.1) is 0 Å². The van der Waals surface area contributed by atoms with Gasteiger partial charge in [-0.2, -0.15) is 0 Å². The maximum Gasteiger partial charge on any atom is 0.220 e. The molecule has 0 saturated heterocycles. The van der Waals surface area contributed by atoms with Crippen molar-refractivity contribution in [3.05, 3.63) is 35.6 Å². The second kappa shape index (κ2) is 7.05. The monoisotopic (exact) mass is 237 g/mol. The van der Waals surface area contributed by atoms with Crippen molar-refractivity contribution >= 4 is 5.91 Å². The first-order chi connectivity index (χ1) is 8.11. The highest BCUT2D eigenvalue weighted by Gasteiger charge is 2.06. The molecule has 1 aromatic rings. The number of nitrogens with one attached hydrogen (secondary N) is 1. The van der Waals surface area contributed by atoms with Crippen LogP contribution in [-0.2, 0) is 11.2 Å². The smallest absolute Gasteiger partial charge is 0.220 e. The minimum Gasteiger partial charge on any atom is -0.354 e. The summed E-state index contributed by atoms with van der Waals surface area (Å²) in [4.78, 5) is 11.6. The molecular formula is C14H20FNO. The fourth-order valence-electron chi connectivity index (χ4n) is 1.76. The van der Waals surface area contributed by atoms with Gasteiger partial charge in [0.1, 0.15) is 5.82 Å². The predicted octanol–water partition coefficient (Wildman–Crippen LogP) is 3.06. The molecule has 0 aliphatic carbocycles. The standard InChI is InChI=1S/C14H20FNO/c1-3-4-11(2)16-14(17)10-7-12-5-8-13(15)9-6-12/h5-6,8-9,11H,3-4,7,10H2,1-2H3,(H,16,17)/t11-/m1/s1. The molecule has 0 fully saturated rings. The van der Waals surface area contributed by atoms with Crippen LogP contribution < -0.4 is 5.32 Å². The summed E-state index contributed by atoms with van der Waals surface area (Å²) in [6.07, 6.45) is 3.19. The van der Waals surface area contributed by atoms with Gasteiger partial charge in [0, 0.05) is 12.5 Å². The zero-order valence-corrected chi connectivity index (χ0v) is 10.5. The first-order valence-corrected chi connectivity index (χ1v) is 6.15. The maximum absolute atomic E-state index is 12.7. The molecule has 0 spiro atoms. The lowest BCUT2D eigenvalue weighted by Gasteiger charge is -2.12. The first-order valence-electron chi connectivity index (χ1n) is 6.15. The van der Waals surface area contributed by atoms with E-state index in [0.29, 0.717) is 12.8 Å². The number of hydrogen-bond acceptors (Lipinski definition) is 1. The highest BCUT2D eigenvalue weighted by Crippen LogP contribution is 2.05. The van der Waals surface area contributed by atoms with Gasteiger partial charge in [0.15, 0.2) is 0 Å². The van der Waals surface area contributed by atoms with Gasteiger partial charge in [0.2, 0.25) is 5.91 Å². The van der Waals surface area contributed by atoms with E-state index in [0.717, 1.165) is 18.4 Å². The average molecular weight is 237 g/mol. The molecule has 2 nitrogen and oxygen atoms in total. The molecule has 0 heterocycles. The van der Waals surface area contributed by atoms with Crippen LogP contribution in [0.4, 0.5) is 4.39 Å². The molecule has 0 aliphatic rings. The van der Waals surface area contributed by atoms with E-state index in [4.69, 9.17) is 0 Å². The van der Waals surface area contributed by atoms with E-state index in [1.54, 1.807) is 12.1 Å². The Labute approximate surface area is 102 Å². The molecule has 0 radical (unpaired) electrons. The van der Waals surface area contributed by atoms with Gasteiger partial charge in [0.25, 0.3) is 0 Å². The SMILES string of the molecule is CCC[C@@H](C)NC(=O)CCc1ccc(F)cc1. The third kappa shape index (κ3) is 5.48. The van der Waals surface area contributed by atoms with Gasteiger partial charge in [-0.3, -0.25) is 4.79 Å². The summed E-state index contributed by atoms with van der Waals surface area (Å²) in [5.41, 5.74) is 0.990. The Bertz CT molecular complexity index is 348. The summed E-state index contributed by atoms with van der Waals surface area (Å²) >= 11 is 0. The van der Waals surface area contributed by atoms with Crippen LogP contribution in [0, 0.1) is 5.82 Å². The van der Waals surface area contributed by atoms with Crippen molar-refractivity contribution in [1.29, 1.82) is 0 Å². The lowest BCUT2D eigenvalue weighted by atomic mass is 10.1. The van der Waals surface area contributed by atoms with E-state index in [1.807, 2.05) is 6.92 Å². The van der Waals surface area contributed by atoms with Crippen molar-refractivity contribution in [2.75, 3.05) is 0 Å². The Hall–Kier alpha value is -1.38. The Morgan fingerprint density at radius 1 is 1.35 bits per heavy atom. The fourth-order valence-corrected chi connectivity index (χ4v) is 1.76. The fraction of sp³-hybridized carbons (Fsp3) is 0.500. The van der Waals surface area contributed by atoms with E-state index >= 15 is 0 Å². The van der Waals surface area contributed by atoms with Gasteiger partial charge in [-0.05, 0) is 37.5 Å². The largest absolute Gasteiger partial charge is 0.354 e. The normalized spacial score (nSPS) is 12.2. The van der Waals surface area contributed by atoms with Gasteiger partial charge >= 0.3 is 0 Å². The average Bonchev–Trinajstić information content (AvgIpc) is 2.28. The lowest BCUT2D eigenvalue weighted by Crippen LogP contribution is -2.32. The molecule has 0 aromatic heterocycles. The second-order valence-electron chi connectivity index (χ2n) is 4.38. The number of aryl methyl sites for hydroxylation is 1. The van der Waals surface area contributed by atoms with E-state index < -0.39 is 0 Å². The molecule has 1 N–H and O–H groups in total. The van der Waals surface area contributed by atoms with Crippen molar-refractivity contribution in [3.8, 4) is 0 Å². The Morgan fingerprint density at radius 2 is 2.00 bits per heavy atom. The third-order valence-corrected chi connectivity index (χ3v) is 2.68. The Morgan fingerprint density at radius 3 is 2.59 bits per heavy atom. The Kier molecular flexibility index (Phi) is 5.67. The topological polar surface area (TPSA) is 29.1 Å². The van der Waals surface area contributed by atoms with Crippen molar-refractivity contribution in [1.82, 2.24) is 5.32 Å². The van der Waals surface area contributed by atoms with Crippen LogP contribution in [0.25, 0.3) is 0 Å². The van der Waals surface area contributed by atoms with Gasteiger partial charge < -0.3 is 5.32 Å². The number of benzene rings is 1. The molecule has 94 valence electrons. The molecule has 1 aromatic carbocycles. The number of halogens is 1. The molecule has 1 rings (SSSR count). The quantitative estimate of drug-likeness (QED) is 0.809. The highest BCUT2D eigenvalue weighted by molar-refractivity contribution is 5.76. The minimum absolute atomic E-state index is 0.0651. The van der Waals surface area contributed by atoms with Crippen LogP contribution in [0.1, 0.15) is 38.7 Å². The maximum atomic E-state index is 12.7. The van der Waals surface area contributed by atoms with E-state index in [1.165, 1.54) is 12.1 Å². The second-order valence-corrected chi connectivity index (χ2v) is 4.38. The zero-order valence-electron chi connectivity index (χ0n) is 10.5. The molecule has 0 bridgehead atoms. The van der Waals surface area contributed by atoms with Crippen LogP contribution in [0.2, 0.25) is 0 Å². The highest BCUT2D eigenvalue weighted by atomic mass is 19.1. The van der Waals surface area contributed by atoms with Crippen molar-refractivity contribution in [2.45, 2.75) is 45.6 Å². The number of carbonyl (C=O) groups is 1. The number of amides is 1. The summed E-state index contributed by atoms with van der Waals surface area (Å²) in [5.74, 6) is -0.176. The molecule has 1 amide bonds. The van der Waals surface area contributed by atoms with Gasteiger partial charge in [-0.15, -0.1) is 0 Å². The molecule has 3 heteroatoms. The minimum atomic E-state index is -0.241. The van der Waals surface area contributed by atoms with Crippen LogP contribution in [-0.4, -0.2) is 11.9 Å². The molecule has 0 saturated carbocycles. The van der Waals surface area contributed by atoms with E-state index in [2.05, 4.69) is 12.2 Å². The van der Waals surface area contributed by atoms with Crippen molar-refractivity contribution < 1.29 is 9.18 Å². The third-order valence-electron chi connectivity index (χ3n) is 2.68. The van der Waals surface area contributed by atoms with E-state index in [-0.39, 0.29) is 17.8 Å². The summed E-state index contributed by atoms with van der Waals surface area (Å²) in [6, 6.07) is 6.52. The van der Waals surface area contributed by atoms with Crippen LogP contribution in [0.5, 0.6) is 0 Å². The van der Waals surface area contributed by atoms with Crippen LogP contribution in [0.3, 0.4) is 0 Å². The van der Waals surface area contributed by atoms with Crippen molar-refractivity contribution in [3.63, 3.8) is 0 Å². The summed E-state index contributed by atoms with van der Waals surface area (Å²) in [7, 11) is 0. The van der Waals surface area contributed by atoms with Gasteiger partial charge in [-0.1, -0.05) is 25.5 Å². The molecular weight excluding hydrogens is 217 g/mol. The zero-order chi connectivity index (χ0) is 12.7. The number of hydrogen-bond donors (Lipinski definition) is 1. The summed E-state index contributed by atoms with van der Waals surface area (Å²) < 4.78 is 12.7. The molecule has 0 unspecified atom stereocenters. The van der Waals surface area contributed by atoms with Crippen LogP contribution in [0.15, 0.2) is 24.3 Å².